The van der Waals surface area contributed by atoms with Gasteiger partial charge in [-0.1, -0.05) is 18.9 Å². The van der Waals surface area contributed by atoms with Crippen LogP contribution in [0.1, 0.15) is 0 Å². The molecule has 3 rings (SSSR count). The third kappa shape index (κ3) is 3.01. The van der Waals surface area contributed by atoms with E-state index in [1.807, 2.05) is 0 Å². The fourth-order valence-electron chi connectivity index (χ4n) is 2.23. The Labute approximate surface area is 148 Å². The lowest BCUT2D eigenvalue weighted by atomic mass is 10.3. The van der Waals surface area contributed by atoms with Gasteiger partial charge in [0.05, 0.1) is 21.3 Å². The maximum atomic E-state index is 5.34. The second-order valence-corrected chi connectivity index (χ2v) is 4.82. The second kappa shape index (κ2) is 7.21. The molecule has 0 aliphatic carbocycles. The van der Waals surface area contributed by atoms with Gasteiger partial charge in [-0.2, -0.15) is 9.97 Å². The van der Waals surface area contributed by atoms with E-state index >= 15 is 0 Å². The number of pyridine rings is 1. The summed E-state index contributed by atoms with van der Waals surface area (Å²) in [6.45, 7) is 0. The number of aromatic nitrogens is 6. The van der Waals surface area contributed by atoms with E-state index in [0.29, 0.717) is 29.0 Å². The van der Waals surface area contributed by atoms with Crippen LogP contribution in [0.5, 0.6) is 17.6 Å². The highest BCUT2D eigenvalue weighted by atomic mass is 32.1. The SMILES string of the molecule is COc1cccc(-c2nnc(NS)n2-c2c(OC)ncnc2OC)n1. The van der Waals surface area contributed by atoms with Gasteiger partial charge in [0.15, 0.2) is 11.5 Å². The molecule has 0 amide bonds. The topological polar surface area (TPSA) is 109 Å². The van der Waals surface area contributed by atoms with Gasteiger partial charge in [0.1, 0.15) is 12.0 Å². The Bertz CT molecular complexity index is 864. The number of nitrogens with zero attached hydrogens (tertiary/aromatic N) is 6. The fraction of sp³-hybridized carbons (Fsp3) is 0.214. The molecule has 0 radical (unpaired) electrons. The normalized spacial score (nSPS) is 10.4. The van der Waals surface area contributed by atoms with Crippen molar-refractivity contribution in [2.24, 2.45) is 0 Å². The molecule has 0 atom stereocenters. The van der Waals surface area contributed by atoms with Gasteiger partial charge in [-0.15, -0.1) is 10.2 Å². The van der Waals surface area contributed by atoms with Crippen molar-refractivity contribution in [3.05, 3.63) is 24.5 Å². The molecule has 3 aromatic heterocycles. The molecule has 3 heterocycles. The van der Waals surface area contributed by atoms with Crippen molar-refractivity contribution in [2.45, 2.75) is 0 Å². The molecule has 0 bridgehead atoms. The zero-order chi connectivity index (χ0) is 17.8. The summed E-state index contributed by atoms with van der Waals surface area (Å²) in [5.74, 6) is 1.72. The molecule has 0 aliphatic heterocycles. The van der Waals surface area contributed by atoms with E-state index in [9.17, 15) is 0 Å². The van der Waals surface area contributed by atoms with Crippen molar-refractivity contribution in [1.29, 1.82) is 0 Å². The van der Waals surface area contributed by atoms with Crippen LogP contribution < -0.4 is 18.9 Å². The first-order chi connectivity index (χ1) is 12.2. The molecular weight excluding hydrogens is 346 g/mol. The third-order valence-electron chi connectivity index (χ3n) is 3.29. The quantitative estimate of drug-likeness (QED) is 0.630. The molecule has 0 saturated heterocycles. The van der Waals surface area contributed by atoms with Gasteiger partial charge in [0, 0.05) is 6.07 Å². The monoisotopic (exact) mass is 361 g/mol. The molecule has 1 N–H and O–H groups in total. The number of nitrogens with one attached hydrogen (secondary N) is 1. The second-order valence-electron chi connectivity index (χ2n) is 4.60. The molecule has 10 nitrogen and oxygen atoms in total. The van der Waals surface area contributed by atoms with E-state index < -0.39 is 0 Å². The Kier molecular flexibility index (Phi) is 4.84. The molecule has 3 aromatic rings. The molecule has 0 fully saturated rings. The van der Waals surface area contributed by atoms with Crippen LogP contribution in [0.4, 0.5) is 5.95 Å². The first kappa shape index (κ1) is 16.8. The zero-order valence-electron chi connectivity index (χ0n) is 13.7. The van der Waals surface area contributed by atoms with Crippen LogP contribution >= 0.6 is 12.8 Å². The van der Waals surface area contributed by atoms with Crippen molar-refractivity contribution < 1.29 is 14.2 Å². The Morgan fingerprint density at radius 2 is 1.72 bits per heavy atom. The van der Waals surface area contributed by atoms with Crippen molar-refractivity contribution in [3.8, 4) is 34.8 Å². The highest BCUT2D eigenvalue weighted by molar-refractivity contribution is 7.81. The van der Waals surface area contributed by atoms with E-state index in [1.54, 1.807) is 22.8 Å². The summed E-state index contributed by atoms with van der Waals surface area (Å²) in [6.07, 6.45) is 1.34. The molecule has 130 valence electrons. The lowest BCUT2D eigenvalue weighted by molar-refractivity contribution is 0.368. The van der Waals surface area contributed by atoms with Crippen LogP contribution in [-0.4, -0.2) is 51.0 Å². The van der Waals surface area contributed by atoms with Crippen molar-refractivity contribution >= 4 is 18.8 Å². The summed E-state index contributed by atoms with van der Waals surface area (Å²) >= 11 is 4.08. The van der Waals surface area contributed by atoms with E-state index in [0.717, 1.165) is 0 Å². The van der Waals surface area contributed by atoms with Crippen molar-refractivity contribution in [2.75, 3.05) is 26.1 Å². The minimum Gasteiger partial charge on any atom is -0.481 e. The average Bonchev–Trinajstić information content (AvgIpc) is 3.10. The van der Waals surface area contributed by atoms with Gasteiger partial charge < -0.3 is 18.9 Å². The van der Waals surface area contributed by atoms with E-state index in [4.69, 9.17) is 14.2 Å². The molecule has 0 aliphatic rings. The predicted molar refractivity (Wildman–Crippen MR) is 92.4 cm³/mol. The average molecular weight is 361 g/mol. The number of hydrogen-bond donors (Lipinski definition) is 2. The van der Waals surface area contributed by atoms with Crippen LogP contribution in [0.25, 0.3) is 17.2 Å². The number of ether oxygens (including phenoxy) is 3. The minimum atomic E-state index is 0.278. The molecule has 0 saturated carbocycles. The number of rotatable bonds is 6. The molecular formula is C14H15N7O3S. The Balaban J connectivity index is 2.29. The molecule has 11 heteroatoms. The maximum Gasteiger partial charge on any atom is 0.245 e. The Hall–Kier alpha value is -3.08. The minimum absolute atomic E-state index is 0.278. The number of methoxy groups -OCH3 is 3. The van der Waals surface area contributed by atoms with Crippen LogP contribution in [0.15, 0.2) is 24.5 Å². The van der Waals surface area contributed by atoms with E-state index in [1.165, 1.54) is 27.7 Å². The van der Waals surface area contributed by atoms with Gasteiger partial charge in [-0.25, -0.2) is 9.55 Å². The van der Waals surface area contributed by atoms with Crippen LogP contribution in [0.2, 0.25) is 0 Å². The molecule has 25 heavy (non-hydrogen) atoms. The summed E-state index contributed by atoms with van der Waals surface area (Å²) in [5, 5.41) is 8.25. The predicted octanol–water partition coefficient (Wildman–Crippen LogP) is 1.40. The van der Waals surface area contributed by atoms with Gasteiger partial charge in [0.2, 0.25) is 23.6 Å². The zero-order valence-corrected chi connectivity index (χ0v) is 14.6. The van der Waals surface area contributed by atoms with Gasteiger partial charge >= 0.3 is 0 Å². The number of thiol groups is 1. The summed E-state index contributed by atoms with van der Waals surface area (Å²) in [4.78, 5) is 12.6. The smallest absolute Gasteiger partial charge is 0.245 e. The number of anilines is 1. The molecule has 0 aromatic carbocycles. The first-order valence-corrected chi connectivity index (χ1v) is 7.48. The molecule has 0 spiro atoms. The van der Waals surface area contributed by atoms with Crippen molar-refractivity contribution in [1.82, 2.24) is 29.7 Å². The maximum absolute atomic E-state index is 5.34. The van der Waals surface area contributed by atoms with E-state index in [-0.39, 0.29) is 11.8 Å². The molecule has 0 unspecified atom stereocenters. The van der Waals surface area contributed by atoms with E-state index in [2.05, 4.69) is 42.7 Å². The van der Waals surface area contributed by atoms with Crippen LogP contribution in [0, 0.1) is 0 Å². The highest BCUT2D eigenvalue weighted by Crippen LogP contribution is 2.34. The highest BCUT2D eigenvalue weighted by Gasteiger charge is 2.24. The fourth-order valence-corrected chi connectivity index (χ4v) is 2.37. The van der Waals surface area contributed by atoms with Gasteiger partial charge in [-0.3, -0.25) is 0 Å². The van der Waals surface area contributed by atoms with Gasteiger partial charge in [-0.05, 0) is 6.07 Å². The lowest BCUT2D eigenvalue weighted by Crippen LogP contribution is -2.08. The summed E-state index contributed by atoms with van der Waals surface area (Å²) in [7, 11) is 4.52. The largest absolute Gasteiger partial charge is 0.481 e. The number of hydrogen-bond acceptors (Lipinski definition) is 10. The Morgan fingerprint density at radius 1 is 1.00 bits per heavy atom. The standard InChI is InChI=1S/C14H15N7O3S/c1-22-9-6-4-5-8(17-9)11-18-19-14(20-25)21(11)10-12(23-2)15-7-16-13(10)24-3/h4-7,25H,1-3H3,(H,19,20). The van der Waals surface area contributed by atoms with Crippen molar-refractivity contribution in [3.63, 3.8) is 0 Å². The van der Waals surface area contributed by atoms with Crippen LogP contribution in [0.3, 0.4) is 0 Å². The Morgan fingerprint density at radius 3 is 2.32 bits per heavy atom. The van der Waals surface area contributed by atoms with Gasteiger partial charge in [0.25, 0.3) is 0 Å². The first-order valence-electron chi connectivity index (χ1n) is 7.03. The van der Waals surface area contributed by atoms with Crippen LogP contribution in [-0.2, 0) is 0 Å². The summed E-state index contributed by atoms with van der Waals surface area (Å²) < 4.78 is 20.1. The third-order valence-corrected chi connectivity index (χ3v) is 3.49. The summed E-state index contributed by atoms with van der Waals surface area (Å²) in [6, 6.07) is 5.30. The lowest BCUT2D eigenvalue weighted by Gasteiger charge is -2.14. The summed E-state index contributed by atoms with van der Waals surface area (Å²) in [5.41, 5.74) is 0.934.